The van der Waals surface area contributed by atoms with Crippen LogP contribution in [-0.4, -0.2) is 26.5 Å². The van der Waals surface area contributed by atoms with Gasteiger partial charge in [-0.15, -0.1) is 0 Å². The first-order valence-electron chi connectivity index (χ1n) is 5.43. The first-order valence-corrected chi connectivity index (χ1v) is 8.01. The van der Waals surface area contributed by atoms with Crippen LogP contribution >= 0.6 is 23.2 Å². The molecule has 0 aliphatic heterocycles. The van der Waals surface area contributed by atoms with E-state index in [2.05, 4.69) is 0 Å². The smallest absolute Gasteiger partial charge is 0.150 e. The number of benzene rings is 1. The summed E-state index contributed by atoms with van der Waals surface area (Å²) in [7, 11) is -2.96. The van der Waals surface area contributed by atoms with Crippen molar-refractivity contribution in [3.63, 3.8) is 0 Å². The van der Waals surface area contributed by atoms with E-state index in [1.54, 1.807) is 6.92 Å². The van der Waals surface area contributed by atoms with Gasteiger partial charge in [0, 0.05) is 11.8 Å². The topological polar surface area (TPSA) is 69.4 Å². The Balaban J connectivity index is 2.52. The second-order valence-electron chi connectivity index (χ2n) is 3.74. The van der Waals surface area contributed by atoms with Crippen molar-refractivity contribution in [1.29, 1.82) is 0 Å². The summed E-state index contributed by atoms with van der Waals surface area (Å²) in [6, 6.07) is 3.02. The first-order chi connectivity index (χ1) is 8.35. The molecule has 1 aromatic rings. The molecule has 0 aliphatic carbocycles. The summed E-state index contributed by atoms with van der Waals surface area (Å²) in [6.45, 7) is 1.88. The van der Waals surface area contributed by atoms with E-state index in [9.17, 15) is 8.42 Å². The van der Waals surface area contributed by atoms with Crippen molar-refractivity contribution in [2.75, 3.05) is 23.8 Å². The molecule has 0 saturated heterocycles. The molecule has 7 heteroatoms. The maximum absolute atomic E-state index is 11.3. The number of hydrogen-bond acceptors (Lipinski definition) is 4. The average Bonchev–Trinajstić information content (AvgIpc) is 2.31. The van der Waals surface area contributed by atoms with E-state index in [4.69, 9.17) is 33.7 Å². The second-order valence-corrected chi connectivity index (χ2v) is 7.03. The van der Waals surface area contributed by atoms with Gasteiger partial charge in [-0.2, -0.15) is 0 Å². The molecule has 4 nitrogen and oxygen atoms in total. The van der Waals surface area contributed by atoms with E-state index in [1.165, 1.54) is 12.1 Å². The Labute approximate surface area is 117 Å². The number of nitrogens with two attached hydrogens (primary N) is 1. The van der Waals surface area contributed by atoms with Crippen LogP contribution in [0.4, 0.5) is 5.69 Å². The highest BCUT2D eigenvalue weighted by molar-refractivity contribution is 7.91. The maximum atomic E-state index is 11.3. The second kappa shape index (κ2) is 6.50. The molecule has 0 bridgehead atoms. The van der Waals surface area contributed by atoms with Gasteiger partial charge in [-0.25, -0.2) is 8.42 Å². The van der Waals surface area contributed by atoms with E-state index in [-0.39, 0.29) is 18.1 Å². The van der Waals surface area contributed by atoms with Gasteiger partial charge in [0.1, 0.15) is 15.6 Å². The van der Waals surface area contributed by atoms with Crippen molar-refractivity contribution >= 4 is 38.7 Å². The van der Waals surface area contributed by atoms with Crippen molar-refractivity contribution in [2.45, 2.75) is 13.3 Å². The molecule has 18 heavy (non-hydrogen) atoms. The van der Waals surface area contributed by atoms with Crippen LogP contribution in [0.2, 0.25) is 10.0 Å². The molecular weight excluding hydrogens is 297 g/mol. The molecule has 0 aromatic heterocycles. The van der Waals surface area contributed by atoms with Crippen molar-refractivity contribution in [3.05, 3.63) is 22.2 Å². The monoisotopic (exact) mass is 311 g/mol. The zero-order valence-electron chi connectivity index (χ0n) is 9.95. The minimum Gasteiger partial charge on any atom is -0.491 e. The van der Waals surface area contributed by atoms with Gasteiger partial charge in [-0.1, -0.05) is 30.1 Å². The van der Waals surface area contributed by atoms with Crippen LogP contribution in [0.25, 0.3) is 0 Å². The molecule has 0 spiro atoms. The lowest BCUT2D eigenvalue weighted by atomic mass is 10.3. The van der Waals surface area contributed by atoms with Crippen LogP contribution in [-0.2, 0) is 9.84 Å². The molecule has 102 valence electrons. The van der Waals surface area contributed by atoms with Crippen LogP contribution < -0.4 is 10.5 Å². The minimum absolute atomic E-state index is 0.102. The van der Waals surface area contributed by atoms with Gasteiger partial charge < -0.3 is 10.5 Å². The fourth-order valence-electron chi connectivity index (χ4n) is 1.27. The normalized spacial score (nSPS) is 11.5. The van der Waals surface area contributed by atoms with Gasteiger partial charge in [0.15, 0.2) is 0 Å². The van der Waals surface area contributed by atoms with Gasteiger partial charge in [0.25, 0.3) is 0 Å². The van der Waals surface area contributed by atoms with Crippen molar-refractivity contribution in [2.24, 2.45) is 0 Å². The lowest BCUT2D eigenvalue weighted by molar-refractivity contribution is 0.319. The summed E-state index contributed by atoms with van der Waals surface area (Å²) in [5, 5.41) is 0.706. The molecule has 0 amide bonds. The molecule has 0 aliphatic rings. The zero-order chi connectivity index (χ0) is 13.8. The van der Waals surface area contributed by atoms with Gasteiger partial charge in [-0.05, 0) is 12.5 Å². The van der Waals surface area contributed by atoms with E-state index in [0.717, 1.165) is 0 Å². The number of anilines is 1. The lowest BCUT2D eigenvalue weighted by Crippen LogP contribution is -2.12. The third kappa shape index (κ3) is 4.55. The number of halogens is 2. The highest BCUT2D eigenvalue weighted by Crippen LogP contribution is 2.32. The van der Waals surface area contributed by atoms with E-state index in [1.807, 2.05) is 0 Å². The fourth-order valence-corrected chi connectivity index (χ4v) is 2.45. The van der Waals surface area contributed by atoms with Crippen molar-refractivity contribution < 1.29 is 13.2 Å². The van der Waals surface area contributed by atoms with E-state index < -0.39 is 9.84 Å². The molecule has 1 rings (SSSR count). The van der Waals surface area contributed by atoms with Crippen molar-refractivity contribution in [3.8, 4) is 5.75 Å². The highest BCUT2D eigenvalue weighted by atomic mass is 35.5. The Morgan fingerprint density at radius 3 is 2.50 bits per heavy atom. The number of rotatable bonds is 6. The predicted molar refractivity (Wildman–Crippen MR) is 75.3 cm³/mol. The Morgan fingerprint density at radius 1 is 1.28 bits per heavy atom. The zero-order valence-corrected chi connectivity index (χ0v) is 12.3. The van der Waals surface area contributed by atoms with E-state index >= 15 is 0 Å². The summed E-state index contributed by atoms with van der Waals surface area (Å²) < 4.78 is 27.9. The molecule has 0 fully saturated rings. The summed E-state index contributed by atoms with van der Waals surface area (Å²) >= 11 is 11.6. The van der Waals surface area contributed by atoms with Gasteiger partial charge in [-0.3, -0.25) is 0 Å². The van der Waals surface area contributed by atoms with Gasteiger partial charge in [0.2, 0.25) is 0 Å². The lowest BCUT2D eigenvalue weighted by Gasteiger charge is -2.10. The number of nitrogen functional groups attached to an aromatic ring is 1. The largest absolute Gasteiger partial charge is 0.491 e. The molecule has 0 radical (unpaired) electrons. The third-order valence-electron chi connectivity index (χ3n) is 2.35. The molecule has 1 aromatic carbocycles. The number of sulfone groups is 1. The highest BCUT2D eigenvalue weighted by Gasteiger charge is 2.09. The molecule has 0 unspecified atom stereocenters. The van der Waals surface area contributed by atoms with Crippen molar-refractivity contribution in [1.82, 2.24) is 0 Å². The Hall–Kier alpha value is -0.650. The van der Waals surface area contributed by atoms with Crippen LogP contribution in [0.5, 0.6) is 5.75 Å². The van der Waals surface area contributed by atoms with Crippen LogP contribution in [0.1, 0.15) is 13.3 Å². The first kappa shape index (κ1) is 15.4. The summed E-state index contributed by atoms with van der Waals surface area (Å²) in [4.78, 5) is 0. The molecular formula is C11H15Cl2NO3S. The summed E-state index contributed by atoms with van der Waals surface area (Å²) in [5.41, 5.74) is 6.08. The summed E-state index contributed by atoms with van der Waals surface area (Å²) in [5.74, 6) is 0.658. The standard InChI is InChI=1S/C11H15Cl2NO3S/c1-2-18(15,16)5-3-4-17-11-7-9(13)8(12)6-10(11)14/h6-7H,2-5,14H2,1H3. The third-order valence-corrected chi connectivity index (χ3v) is 4.86. The van der Waals surface area contributed by atoms with Crippen LogP contribution in [0.3, 0.4) is 0 Å². The Bertz CT molecular complexity index is 517. The maximum Gasteiger partial charge on any atom is 0.150 e. The van der Waals surface area contributed by atoms with Gasteiger partial charge >= 0.3 is 0 Å². The number of hydrogen-bond donors (Lipinski definition) is 1. The average molecular weight is 312 g/mol. The van der Waals surface area contributed by atoms with Crippen LogP contribution in [0.15, 0.2) is 12.1 Å². The fraction of sp³-hybridized carbons (Fsp3) is 0.455. The van der Waals surface area contributed by atoms with E-state index in [0.29, 0.717) is 27.9 Å². The van der Waals surface area contributed by atoms with Crippen LogP contribution in [0, 0.1) is 0 Å². The van der Waals surface area contributed by atoms with Gasteiger partial charge in [0.05, 0.1) is 28.1 Å². The predicted octanol–water partition coefficient (Wildman–Crippen LogP) is 2.78. The SMILES string of the molecule is CCS(=O)(=O)CCCOc1cc(Cl)c(Cl)cc1N. The molecule has 2 N–H and O–H groups in total. The summed E-state index contributed by atoms with van der Waals surface area (Å²) in [6.07, 6.45) is 0.413. The number of ether oxygens (including phenoxy) is 1. The quantitative estimate of drug-likeness (QED) is 0.648. The minimum atomic E-state index is -2.96. The Morgan fingerprint density at radius 2 is 1.89 bits per heavy atom. The molecule has 0 saturated carbocycles. The Kier molecular flexibility index (Phi) is 5.56. The molecule has 0 atom stereocenters. The molecule has 0 heterocycles.